The van der Waals surface area contributed by atoms with E-state index in [1.165, 1.54) is 11.1 Å². The summed E-state index contributed by atoms with van der Waals surface area (Å²) in [6.45, 7) is 5.61. The van der Waals surface area contributed by atoms with Crippen molar-refractivity contribution in [2.75, 3.05) is 24.2 Å². The first-order chi connectivity index (χ1) is 9.16. The number of benzene rings is 2. The lowest BCUT2D eigenvalue weighted by molar-refractivity contribution is 0.333. The highest BCUT2D eigenvalue weighted by Gasteiger charge is 1.99. The Kier molecular flexibility index (Phi) is 4.29. The third-order valence-corrected chi connectivity index (χ3v) is 3.15. The Morgan fingerprint density at radius 2 is 1.89 bits per heavy atom. The summed E-state index contributed by atoms with van der Waals surface area (Å²) >= 11 is 0. The van der Waals surface area contributed by atoms with Gasteiger partial charge in [0.1, 0.15) is 12.4 Å². The van der Waals surface area contributed by atoms with E-state index < -0.39 is 0 Å². The van der Waals surface area contributed by atoms with Crippen LogP contribution in [0, 0.1) is 13.8 Å². The summed E-state index contributed by atoms with van der Waals surface area (Å²) in [6, 6.07) is 13.7. The van der Waals surface area contributed by atoms with Crippen LogP contribution in [0.2, 0.25) is 0 Å². The lowest BCUT2D eigenvalue weighted by Crippen LogP contribution is -2.12. The maximum Gasteiger partial charge on any atom is 0.121 e. The molecule has 0 heterocycles. The summed E-state index contributed by atoms with van der Waals surface area (Å²) in [5.41, 5.74) is 10.2. The lowest BCUT2D eigenvalue weighted by atomic mass is 10.1. The van der Waals surface area contributed by atoms with Gasteiger partial charge in [0.05, 0.1) is 0 Å². The summed E-state index contributed by atoms with van der Waals surface area (Å²) in [5, 5.41) is 3.38. The minimum Gasteiger partial charge on any atom is -0.492 e. The molecule has 3 heteroatoms. The van der Waals surface area contributed by atoms with Crippen LogP contribution in [0.4, 0.5) is 11.4 Å². The Balaban J connectivity index is 1.82. The monoisotopic (exact) mass is 256 g/mol. The molecular weight excluding hydrogens is 236 g/mol. The minimum absolute atomic E-state index is 0.608. The molecule has 0 amide bonds. The lowest BCUT2D eigenvalue weighted by Gasteiger charge is -2.12. The van der Waals surface area contributed by atoms with E-state index in [0.717, 1.165) is 23.7 Å². The van der Waals surface area contributed by atoms with E-state index in [2.05, 4.69) is 37.4 Å². The first kappa shape index (κ1) is 13.3. The highest BCUT2D eigenvalue weighted by atomic mass is 16.5. The number of rotatable bonds is 5. The summed E-state index contributed by atoms with van der Waals surface area (Å²) in [6.07, 6.45) is 0. The largest absolute Gasteiger partial charge is 0.492 e. The predicted molar refractivity (Wildman–Crippen MR) is 80.8 cm³/mol. The summed E-state index contributed by atoms with van der Waals surface area (Å²) in [7, 11) is 0. The van der Waals surface area contributed by atoms with Crippen molar-refractivity contribution in [1.29, 1.82) is 0 Å². The van der Waals surface area contributed by atoms with Crippen molar-refractivity contribution in [3.05, 3.63) is 53.6 Å². The van der Waals surface area contributed by atoms with Crippen LogP contribution < -0.4 is 15.8 Å². The van der Waals surface area contributed by atoms with E-state index in [4.69, 9.17) is 10.5 Å². The first-order valence-electron chi connectivity index (χ1n) is 6.45. The SMILES string of the molecule is Cc1cccc(NCCOc2cccc(N)c2)c1C. The van der Waals surface area contributed by atoms with Crippen LogP contribution in [-0.2, 0) is 0 Å². The van der Waals surface area contributed by atoms with Crippen LogP contribution in [-0.4, -0.2) is 13.2 Å². The van der Waals surface area contributed by atoms with Gasteiger partial charge in [-0.1, -0.05) is 18.2 Å². The quantitative estimate of drug-likeness (QED) is 0.637. The second kappa shape index (κ2) is 6.14. The average molecular weight is 256 g/mol. The molecule has 0 aliphatic heterocycles. The Bertz CT molecular complexity index is 552. The number of anilines is 2. The maximum absolute atomic E-state index is 5.69. The second-order valence-electron chi connectivity index (χ2n) is 4.60. The Labute approximate surface area is 114 Å². The third kappa shape index (κ3) is 3.65. The molecule has 100 valence electrons. The fourth-order valence-electron chi connectivity index (χ4n) is 1.90. The second-order valence-corrected chi connectivity index (χ2v) is 4.60. The molecule has 3 N–H and O–H groups in total. The molecule has 0 bridgehead atoms. The van der Waals surface area contributed by atoms with Crippen LogP contribution in [0.25, 0.3) is 0 Å². The van der Waals surface area contributed by atoms with Crippen molar-refractivity contribution >= 4 is 11.4 Å². The van der Waals surface area contributed by atoms with Gasteiger partial charge in [-0.2, -0.15) is 0 Å². The fraction of sp³-hybridized carbons (Fsp3) is 0.250. The molecule has 2 aromatic carbocycles. The zero-order valence-corrected chi connectivity index (χ0v) is 11.4. The van der Waals surface area contributed by atoms with Crippen molar-refractivity contribution in [1.82, 2.24) is 0 Å². The number of aryl methyl sites for hydroxylation is 1. The van der Waals surface area contributed by atoms with Gasteiger partial charge in [0.15, 0.2) is 0 Å². The number of ether oxygens (including phenoxy) is 1. The maximum atomic E-state index is 5.69. The van der Waals surface area contributed by atoms with Crippen molar-refractivity contribution in [2.24, 2.45) is 0 Å². The van der Waals surface area contributed by atoms with Gasteiger partial charge in [-0.25, -0.2) is 0 Å². The predicted octanol–water partition coefficient (Wildman–Crippen LogP) is 3.38. The number of nitrogen functional groups attached to an aromatic ring is 1. The standard InChI is InChI=1S/C16H20N2O/c1-12-5-3-8-16(13(12)2)18-9-10-19-15-7-4-6-14(17)11-15/h3-8,11,18H,9-10,17H2,1-2H3. The van der Waals surface area contributed by atoms with Crippen LogP contribution in [0.1, 0.15) is 11.1 Å². The highest BCUT2D eigenvalue weighted by Crippen LogP contribution is 2.18. The number of hydrogen-bond acceptors (Lipinski definition) is 3. The smallest absolute Gasteiger partial charge is 0.121 e. The van der Waals surface area contributed by atoms with Crippen LogP contribution in [0.15, 0.2) is 42.5 Å². The topological polar surface area (TPSA) is 47.3 Å². The van der Waals surface area contributed by atoms with E-state index in [1.54, 1.807) is 0 Å². The summed E-state index contributed by atoms with van der Waals surface area (Å²) in [4.78, 5) is 0. The van der Waals surface area contributed by atoms with E-state index in [9.17, 15) is 0 Å². The van der Waals surface area contributed by atoms with Gasteiger partial charge >= 0.3 is 0 Å². The van der Waals surface area contributed by atoms with Crippen molar-refractivity contribution in [3.63, 3.8) is 0 Å². The summed E-state index contributed by atoms with van der Waals surface area (Å²) in [5.74, 6) is 0.808. The molecule has 0 saturated carbocycles. The first-order valence-corrected chi connectivity index (χ1v) is 6.45. The highest BCUT2D eigenvalue weighted by molar-refractivity contribution is 5.53. The van der Waals surface area contributed by atoms with Crippen LogP contribution in [0.3, 0.4) is 0 Å². The van der Waals surface area contributed by atoms with Gasteiger partial charge in [-0.05, 0) is 43.2 Å². The molecule has 0 aliphatic rings. The number of nitrogens with one attached hydrogen (secondary N) is 1. The molecule has 0 spiro atoms. The Morgan fingerprint density at radius 3 is 2.68 bits per heavy atom. The van der Waals surface area contributed by atoms with Gasteiger partial charge in [-0.3, -0.25) is 0 Å². The molecule has 2 rings (SSSR count). The van der Waals surface area contributed by atoms with E-state index in [-0.39, 0.29) is 0 Å². The molecule has 2 aromatic rings. The van der Waals surface area contributed by atoms with Crippen molar-refractivity contribution in [3.8, 4) is 5.75 Å². The molecule has 19 heavy (non-hydrogen) atoms. The van der Waals surface area contributed by atoms with Gasteiger partial charge in [0.2, 0.25) is 0 Å². The van der Waals surface area contributed by atoms with Gasteiger partial charge in [-0.15, -0.1) is 0 Å². The van der Waals surface area contributed by atoms with Gasteiger partial charge < -0.3 is 15.8 Å². The molecular formula is C16H20N2O. The minimum atomic E-state index is 0.608. The van der Waals surface area contributed by atoms with E-state index in [0.29, 0.717) is 6.61 Å². The van der Waals surface area contributed by atoms with Crippen LogP contribution in [0.5, 0.6) is 5.75 Å². The normalized spacial score (nSPS) is 10.2. The molecule has 0 saturated heterocycles. The van der Waals surface area contributed by atoms with E-state index >= 15 is 0 Å². The molecule has 0 radical (unpaired) electrons. The molecule has 0 aromatic heterocycles. The fourth-order valence-corrected chi connectivity index (χ4v) is 1.90. The molecule has 0 fully saturated rings. The van der Waals surface area contributed by atoms with Gasteiger partial charge in [0.25, 0.3) is 0 Å². The van der Waals surface area contributed by atoms with Gasteiger partial charge in [0, 0.05) is 24.0 Å². The zero-order chi connectivity index (χ0) is 13.7. The summed E-state index contributed by atoms with van der Waals surface area (Å²) < 4.78 is 5.64. The molecule has 3 nitrogen and oxygen atoms in total. The van der Waals surface area contributed by atoms with Crippen LogP contribution >= 0.6 is 0 Å². The van der Waals surface area contributed by atoms with Crippen molar-refractivity contribution in [2.45, 2.75) is 13.8 Å². The molecule has 0 aliphatic carbocycles. The zero-order valence-electron chi connectivity index (χ0n) is 11.4. The van der Waals surface area contributed by atoms with Crippen molar-refractivity contribution < 1.29 is 4.74 Å². The molecule has 0 atom stereocenters. The van der Waals surface area contributed by atoms with E-state index in [1.807, 2.05) is 24.3 Å². The third-order valence-electron chi connectivity index (χ3n) is 3.15. The number of hydrogen-bond donors (Lipinski definition) is 2. The molecule has 0 unspecified atom stereocenters. The Morgan fingerprint density at radius 1 is 1.11 bits per heavy atom. The Hall–Kier alpha value is -2.16. The average Bonchev–Trinajstić information content (AvgIpc) is 2.39. The number of nitrogens with two attached hydrogens (primary N) is 1.